The average Bonchev–Trinajstić information content (AvgIpc) is 2.79. The maximum Gasteiger partial charge on any atom is 0.335 e. The molecule has 3 aromatic carbocycles. The molecule has 34 heavy (non-hydrogen) atoms. The van der Waals surface area contributed by atoms with E-state index in [1.807, 2.05) is 0 Å². The highest BCUT2D eigenvalue weighted by Gasteiger charge is 2.37. The number of ether oxygens (including phenoxy) is 1. The highest BCUT2D eigenvalue weighted by atomic mass is 35.5. The number of hydrogen-bond donors (Lipinski definition) is 1. The molecule has 172 valence electrons. The summed E-state index contributed by atoms with van der Waals surface area (Å²) in [7, 11) is 1.52. The fraction of sp³-hybridized carbons (Fsp3) is 0.115. The molecule has 3 aromatic rings. The molecule has 4 amide bonds. The van der Waals surface area contributed by atoms with Crippen molar-refractivity contribution in [3.05, 3.63) is 99.3 Å². The van der Waals surface area contributed by atoms with Gasteiger partial charge in [0, 0.05) is 5.02 Å². The summed E-state index contributed by atoms with van der Waals surface area (Å²) in [4.78, 5) is 39.4. The van der Waals surface area contributed by atoms with Gasteiger partial charge in [-0.15, -0.1) is 0 Å². The molecule has 8 heteroatoms. The van der Waals surface area contributed by atoms with Crippen LogP contribution in [0.2, 0.25) is 5.02 Å². The molecule has 1 fully saturated rings. The number of methoxy groups -OCH3 is 1. The van der Waals surface area contributed by atoms with E-state index in [-0.39, 0.29) is 17.1 Å². The van der Waals surface area contributed by atoms with Gasteiger partial charge in [0.2, 0.25) is 0 Å². The molecule has 0 saturated carbocycles. The van der Waals surface area contributed by atoms with Gasteiger partial charge in [0.25, 0.3) is 11.8 Å². The van der Waals surface area contributed by atoms with Gasteiger partial charge in [-0.3, -0.25) is 14.9 Å². The van der Waals surface area contributed by atoms with Crippen LogP contribution in [0.15, 0.2) is 66.2 Å². The first-order valence-corrected chi connectivity index (χ1v) is 10.7. The first kappa shape index (κ1) is 23.2. The Morgan fingerprint density at radius 2 is 1.85 bits per heavy atom. The number of nitrogens with one attached hydrogen (secondary N) is 1. The number of nitrogens with zero attached hydrogens (tertiary/aromatic N) is 1. The summed E-state index contributed by atoms with van der Waals surface area (Å²) in [6.45, 7) is 1.73. The van der Waals surface area contributed by atoms with Crippen LogP contribution < -0.4 is 15.0 Å². The van der Waals surface area contributed by atoms with E-state index in [1.54, 1.807) is 49.4 Å². The van der Waals surface area contributed by atoms with E-state index in [1.165, 1.54) is 31.4 Å². The Labute approximate surface area is 200 Å². The van der Waals surface area contributed by atoms with Crippen molar-refractivity contribution in [2.45, 2.75) is 13.3 Å². The van der Waals surface area contributed by atoms with Crippen molar-refractivity contribution in [3.8, 4) is 5.75 Å². The zero-order valence-electron chi connectivity index (χ0n) is 18.4. The number of carbonyl (C=O) groups is 3. The molecule has 1 heterocycles. The molecule has 0 atom stereocenters. The highest BCUT2D eigenvalue weighted by Crippen LogP contribution is 2.29. The molecule has 0 aliphatic carbocycles. The topological polar surface area (TPSA) is 75.7 Å². The molecule has 1 aliphatic rings. The van der Waals surface area contributed by atoms with E-state index in [4.69, 9.17) is 16.3 Å². The zero-order valence-corrected chi connectivity index (χ0v) is 19.2. The third-order valence-corrected chi connectivity index (χ3v) is 5.68. The van der Waals surface area contributed by atoms with Crippen LogP contribution in [0.5, 0.6) is 5.75 Å². The van der Waals surface area contributed by atoms with Crippen LogP contribution in [0.4, 0.5) is 14.9 Å². The molecule has 0 bridgehead atoms. The van der Waals surface area contributed by atoms with Gasteiger partial charge in [0.1, 0.15) is 17.1 Å². The minimum absolute atomic E-state index is 0.218. The Bertz CT molecular complexity index is 1350. The number of imide groups is 2. The molecule has 0 radical (unpaired) electrons. The van der Waals surface area contributed by atoms with Gasteiger partial charge in [-0.25, -0.2) is 14.1 Å². The lowest BCUT2D eigenvalue weighted by Crippen LogP contribution is -2.54. The van der Waals surface area contributed by atoms with Crippen LogP contribution in [0, 0.1) is 12.7 Å². The predicted octanol–water partition coefficient (Wildman–Crippen LogP) is 5.05. The van der Waals surface area contributed by atoms with Gasteiger partial charge in [-0.1, -0.05) is 35.9 Å². The number of urea groups is 1. The van der Waals surface area contributed by atoms with Gasteiger partial charge < -0.3 is 4.74 Å². The normalized spacial score (nSPS) is 15.0. The van der Waals surface area contributed by atoms with E-state index < -0.39 is 17.8 Å². The molecule has 1 aliphatic heterocycles. The predicted molar refractivity (Wildman–Crippen MR) is 127 cm³/mol. The summed E-state index contributed by atoms with van der Waals surface area (Å²) in [5.41, 5.74) is 2.67. The lowest BCUT2D eigenvalue weighted by atomic mass is 9.96. The van der Waals surface area contributed by atoms with Crippen molar-refractivity contribution in [1.29, 1.82) is 0 Å². The number of rotatable bonds is 5. The van der Waals surface area contributed by atoms with E-state index in [0.717, 1.165) is 4.90 Å². The smallest absolute Gasteiger partial charge is 0.335 e. The maximum absolute atomic E-state index is 13.7. The summed E-state index contributed by atoms with van der Waals surface area (Å²) >= 11 is 6.07. The highest BCUT2D eigenvalue weighted by molar-refractivity contribution is 6.39. The van der Waals surface area contributed by atoms with E-state index in [9.17, 15) is 18.8 Å². The van der Waals surface area contributed by atoms with Crippen molar-refractivity contribution in [2.75, 3.05) is 12.0 Å². The molecule has 0 spiro atoms. The summed E-state index contributed by atoms with van der Waals surface area (Å²) < 4.78 is 19.0. The van der Waals surface area contributed by atoms with Crippen LogP contribution in [-0.4, -0.2) is 25.0 Å². The third-order valence-electron chi connectivity index (χ3n) is 5.45. The largest absolute Gasteiger partial charge is 0.497 e. The number of anilines is 1. The molecule has 1 saturated heterocycles. The first-order chi connectivity index (χ1) is 16.3. The molecular weight excluding hydrogens is 459 g/mol. The molecule has 6 nitrogen and oxygen atoms in total. The van der Waals surface area contributed by atoms with Crippen LogP contribution in [0.3, 0.4) is 0 Å². The van der Waals surface area contributed by atoms with Crippen LogP contribution >= 0.6 is 11.6 Å². The van der Waals surface area contributed by atoms with Crippen molar-refractivity contribution >= 4 is 41.2 Å². The minimum Gasteiger partial charge on any atom is -0.497 e. The van der Waals surface area contributed by atoms with Crippen LogP contribution in [-0.2, 0) is 16.0 Å². The van der Waals surface area contributed by atoms with Gasteiger partial charge >= 0.3 is 6.03 Å². The van der Waals surface area contributed by atoms with Crippen LogP contribution in [0.25, 0.3) is 6.08 Å². The first-order valence-electron chi connectivity index (χ1n) is 10.4. The lowest BCUT2D eigenvalue weighted by Gasteiger charge is -2.27. The van der Waals surface area contributed by atoms with Gasteiger partial charge in [0.15, 0.2) is 0 Å². The second-order valence-corrected chi connectivity index (χ2v) is 8.20. The fourth-order valence-corrected chi connectivity index (χ4v) is 3.89. The minimum atomic E-state index is -0.854. The molecule has 4 rings (SSSR count). The number of carbonyl (C=O) groups excluding carboxylic acids is 3. The van der Waals surface area contributed by atoms with Crippen molar-refractivity contribution in [2.24, 2.45) is 0 Å². The Balaban J connectivity index is 1.77. The number of hydrogen-bond acceptors (Lipinski definition) is 4. The Kier molecular flexibility index (Phi) is 6.47. The summed E-state index contributed by atoms with van der Waals surface area (Å²) in [5, 5.41) is 2.56. The lowest BCUT2D eigenvalue weighted by molar-refractivity contribution is -0.122. The number of benzene rings is 3. The van der Waals surface area contributed by atoms with Gasteiger partial charge in [0.05, 0.1) is 12.8 Å². The molecule has 1 N–H and O–H groups in total. The monoisotopic (exact) mass is 478 g/mol. The Morgan fingerprint density at radius 1 is 1.06 bits per heavy atom. The summed E-state index contributed by atoms with van der Waals surface area (Å²) in [6.07, 6.45) is 1.75. The number of halogens is 2. The van der Waals surface area contributed by atoms with Gasteiger partial charge in [-0.2, -0.15) is 0 Å². The van der Waals surface area contributed by atoms with Gasteiger partial charge in [-0.05, 0) is 78.1 Å². The third kappa shape index (κ3) is 4.70. The SMILES string of the molecule is COc1ccc(/C=C2\C(=O)NC(=O)N(c3cc(Cl)ccc3C)C2=O)c(Cc2cccc(F)c2)c1. The van der Waals surface area contributed by atoms with Crippen LogP contribution in [0.1, 0.15) is 22.3 Å². The van der Waals surface area contributed by atoms with Crippen molar-refractivity contribution < 1.29 is 23.5 Å². The van der Waals surface area contributed by atoms with E-state index >= 15 is 0 Å². The fourth-order valence-electron chi connectivity index (χ4n) is 3.73. The quantitative estimate of drug-likeness (QED) is 0.411. The standard InChI is InChI=1S/C26H20ClFN2O4/c1-15-6-8-19(27)14-23(15)30-25(32)22(24(31)29-26(30)33)13-17-7-9-21(34-2)12-18(17)10-16-4-3-5-20(28)11-16/h3-9,11-14H,10H2,1-2H3,(H,29,31,33)/b22-13+. The second kappa shape index (κ2) is 9.49. The molecule has 0 unspecified atom stereocenters. The average molecular weight is 479 g/mol. The zero-order chi connectivity index (χ0) is 24.4. The summed E-state index contributed by atoms with van der Waals surface area (Å²) in [6, 6.07) is 15.3. The van der Waals surface area contributed by atoms with E-state index in [2.05, 4.69) is 5.32 Å². The number of aryl methyl sites for hydroxylation is 1. The van der Waals surface area contributed by atoms with Crippen molar-refractivity contribution in [3.63, 3.8) is 0 Å². The van der Waals surface area contributed by atoms with Crippen molar-refractivity contribution in [1.82, 2.24) is 5.32 Å². The summed E-state index contributed by atoms with van der Waals surface area (Å²) in [5.74, 6) is -1.38. The Morgan fingerprint density at radius 3 is 2.59 bits per heavy atom. The Hall–Kier alpha value is -3.97. The van der Waals surface area contributed by atoms with E-state index in [0.29, 0.717) is 39.4 Å². The number of barbiturate groups is 1. The molecule has 0 aromatic heterocycles. The maximum atomic E-state index is 13.7. The number of amides is 4. The second-order valence-electron chi connectivity index (χ2n) is 7.76. The molecular formula is C26H20ClFN2O4.